The molecule has 0 aliphatic heterocycles. The van der Waals surface area contributed by atoms with Gasteiger partial charge in [-0.15, -0.1) is 11.8 Å². The van der Waals surface area contributed by atoms with Gasteiger partial charge < -0.3 is 10.6 Å². The van der Waals surface area contributed by atoms with Gasteiger partial charge in [-0.25, -0.2) is 0 Å². The van der Waals surface area contributed by atoms with E-state index in [1.54, 1.807) is 11.8 Å². The Balaban J connectivity index is 1.90. The first kappa shape index (κ1) is 21.0. The molecule has 2 rings (SSSR count). The molecule has 2 amide bonds. The van der Waals surface area contributed by atoms with Gasteiger partial charge >= 0.3 is 0 Å². The van der Waals surface area contributed by atoms with Gasteiger partial charge in [0.15, 0.2) is 0 Å². The molecule has 2 aromatic rings. The number of benzene rings is 2. The zero-order valence-corrected chi connectivity index (χ0v) is 17.0. The standard InChI is InChI=1S/C22H28N2O2S/c1-16(2)15-20(25)24-21(18-7-5-4-6-8-18)22(26)23-13-14-27-19-11-9-17(3)10-12-19/h4-12,16,21H,13-15H2,1-3H3,(H,23,26)(H,24,25). The lowest BCUT2D eigenvalue weighted by Crippen LogP contribution is -2.41. The Labute approximate surface area is 166 Å². The second kappa shape index (κ2) is 10.8. The highest BCUT2D eigenvalue weighted by molar-refractivity contribution is 7.99. The van der Waals surface area contributed by atoms with Crippen LogP contribution < -0.4 is 10.6 Å². The molecular weight excluding hydrogens is 356 g/mol. The molecule has 27 heavy (non-hydrogen) atoms. The van der Waals surface area contributed by atoms with Crippen LogP contribution in [0.4, 0.5) is 0 Å². The van der Waals surface area contributed by atoms with E-state index in [2.05, 4.69) is 41.8 Å². The number of nitrogens with one attached hydrogen (secondary N) is 2. The predicted molar refractivity (Wildman–Crippen MR) is 112 cm³/mol. The first-order valence-corrected chi connectivity index (χ1v) is 10.3. The van der Waals surface area contributed by atoms with Crippen molar-refractivity contribution in [1.29, 1.82) is 0 Å². The lowest BCUT2D eigenvalue weighted by Gasteiger charge is -2.19. The minimum absolute atomic E-state index is 0.108. The Kier molecular flexibility index (Phi) is 8.40. The van der Waals surface area contributed by atoms with Crippen LogP contribution in [0.25, 0.3) is 0 Å². The molecule has 4 nitrogen and oxygen atoms in total. The summed E-state index contributed by atoms with van der Waals surface area (Å²) in [7, 11) is 0. The Morgan fingerprint density at radius 3 is 2.30 bits per heavy atom. The monoisotopic (exact) mass is 384 g/mol. The summed E-state index contributed by atoms with van der Waals surface area (Å²) in [5, 5.41) is 5.82. The third kappa shape index (κ3) is 7.47. The van der Waals surface area contributed by atoms with Crippen molar-refractivity contribution in [3.05, 3.63) is 65.7 Å². The number of rotatable bonds is 9. The van der Waals surface area contributed by atoms with Crippen molar-refractivity contribution in [1.82, 2.24) is 10.6 Å². The lowest BCUT2D eigenvalue weighted by molar-refractivity contribution is -0.129. The van der Waals surface area contributed by atoms with Gasteiger partial charge in [-0.05, 0) is 30.5 Å². The van der Waals surface area contributed by atoms with Gasteiger partial charge in [0.25, 0.3) is 0 Å². The van der Waals surface area contributed by atoms with Gasteiger partial charge in [0.1, 0.15) is 6.04 Å². The summed E-state index contributed by atoms with van der Waals surface area (Å²) in [5.41, 5.74) is 2.02. The van der Waals surface area contributed by atoms with Crippen molar-refractivity contribution in [2.24, 2.45) is 5.92 Å². The maximum absolute atomic E-state index is 12.7. The van der Waals surface area contributed by atoms with Gasteiger partial charge in [-0.1, -0.05) is 61.9 Å². The average molecular weight is 385 g/mol. The molecule has 0 radical (unpaired) electrons. The van der Waals surface area contributed by atoms with Crippen molar-refractivity contribution >= 4 is 23.6 Å². The van der Waals surface area contributed by atoms with E-state index in [4.69, 9.17) is 0 Å². The predicted octanol–water partition coefficient (Wildman–Crippen LogP) is 4.11. The van der Waals surface area contributed by atoms with E-state index in [1.807, 2.05) is 44.2 Å². The Bertz CT molecular complexity index is 730. The quantitative estimate of drug-likeness (QED) is 0.505. The molecule has 5 heteroatoms. The third-order valence-electron chi connectivity index (χ3n) is 3.99. The van der Waals surface area contributed by atoms with Crippen LogP contribution in [0, 0.1) is 12.8 Å². The van der Waals surface area contributed by atoms with Crippen molar-refractivity contribution in [2.45, 2.75) is 38.1 Å². The van der Waals surface area contributed by atoms with Crippen molar-refractivity contribution in [3.8, 4) is 0 Å². The van der Waals surface area contributed by atoms with Gasteiger partial charge in [0, 0.05) is 23.6 Å². The zero-order valence-electron chi connectivity index (χ0n) is 16.2. The van der Waals surface area contributed by atoms with E-state index in [0.717, 1.165) is 11.3 Å². The fourth-order valence-electron chi connectivity index (χ4n) is 2.62. The average Bonchev–Trinajstić information content (AvgIpc) is 2.64. The molecule has 0 spiro atoms. The van der Waals surface area contributed by atoms with Crippen LogP contribution in [0.5, 0.6) is 0 Å². The topological polar surface area (TPSA) is 58.2 Å². The summed E-state index contributed by atoms with van der Waals surface area (Å²) in [6, 6.07) is 17.0. The van der Waals surface area contributed by atoms with Crippen molar-refractivity contribution < 1.29 is 9.59 Å². The number of amides is 2. The normalized spacial score (nSPS) is 11.9. The molecule has 1 atom stereocenters. The van der Waals surface area contributed by atoms with Crippen LogP contribution in [-0.2, 0) is 9.59 Å². The number of aryl methyl sites for hydroxylation is 1. The maximum Gasteiger partial charge on any atom is 0.247 e. The first-order chi connectivity index (χ1) is 13.0. The molecule has 0 fully saturated rings. The van der Waals surface area contributed by atoms with Gasteiger partial charge in [0.2, 0.25) is 11.8 Å². The van der Waals surface area contributed by atoms with Crippen LogP contribution in [0.3, 0.4) is 0 Å². The largest absolute Gasteiger partial charge is 0.353 e. The van der Waals surface area contributed by atoms with E-state index < -0.39 is 6.04 Å². The minimum Gasteiger partial charge on any atom is -0.353 e. The van der Waals surface area contributed by atoms with Crippen LogP contribution >= 0.6 is 11.8 Å². The summed E-state index contributed by atoms with van der Waals surface area (Å²) in [6.07, 6.45) is 0.403. The Morgan fingerprint density at radius 2 is 1.67 bits per heavy atom. The molecule has 144 valence electrons. The van der Waals surface area contributed by atoms with E-state index >= 15 is 0 Å². The van der Waals surface area contributed by atoms with Crippen molar-refractivity contribution in [3.63, 3.8) is 0 Å². The molecule has 1 unspecified atom stereocenters. The van der Waals surface area contributed by atoms with E-state index in [0.29, 0.717) is 13.0 Å². The molecule has 0 aromatic heterocycles. The van der Waals surface area contributed by atoms with Gasteiger partial charge in [-0.2, -0.15) is 0 Å². The van der Waals surface area contributed by atoms with Gasteiger partial charge in [0.05, 0.1) is 0 Å². The van der Waals surface area contributed by atoms with E-state index in [1.165, 1.54) is 10.5 Å². The Hall–Kier alpha value is -2.27. The fourth-order valence-corrected chi connectivity index (χ4v) is 3.38. The van der Waals surface area contributed by atoms with Crippen LogP contribution in [0.2, 0.25) is 0 Å². The highest BCUT2D eigenvalue weighted by Gasteiger charge is 2.22. The smallest absolute Gasteiger partial charge is 0.247 e. The number of hydrogen-bond donors (Lipinski definition) is 2. The highest BCUT2D eigenvalue weighted by atomic mass is 32.2. The number of carbonyl (C=O) groups excluding carboxylic acids is 2. The SMILES string of the molecule is Cc1ccc(SCCNC(=O)C(NC(=O)CC(C)C)c2ccccc2)cc1. The highest BCUT2D eigenvalue weighted by Crippen LogP contribution is 2.18. The lowest BCUT2D eigenvalue weighted by atomic mass is 10.0. The molecule has 0 aliphatic carbocycles. The summed E-state index contributed by atoms with van der Waals surface area (Å²) < 4.78 is 0. The molecule has 2 N–H and O–H groups in total. The third-order valence-corrected chi connectivity index (χ3v) is 5.00. The Morgan fingerprint density at radius 1 is 1.00 bits per heavy atom. The maximum atomic E-state index is 12.7. The minimum atomic E-state index is -0.665. The number of thioether (sulfide) groups is 1. The van der Waals surface area contributed by atoms with Crippen LogP contribution in [-0.4, -0.2) is 24.1 Å². The zero-order chi connectivity index (χ0) is 19.6. The summed E-state index contributed by atoms with van der Waals surface area (Å²) in [6.45, 7) is 6.58. The summed E-state index contributed by atoms with van der Waals surface area (Å²) >= 11 is 1.70. The van der Waals surface area contributed by atoms with Gasteiger partial charge in [-0.3, -0.25) is 9.59 Å². The molecule has 0 saturated carbocycles. The molecular formula is C22H28N2O2S. The van der Waals surface area contributed by atoms with E-state index in [9.17, 15) is 9.59 Å². The molecule has 0 bridgehead atoms. The second-order valence-electron chi connectivity index (χ2n) is 6.96. The first-order valence-electron chi connectivity index (χ1n) is 9.27. The number of carbonyl (C=O) groups is 2. The summed E-state index contributed by atoms with van der Waals surface area (Å²) in [5.74, 6) is 0.734. The molecule has 0 heterocycles. The fraction of sp³-hybridized carbons (Fsp3) is 0.364. The molecule has 0 aliphatic rings. The number of hydrogen-bond acceptors (Lipinski definition) is 3. The molecule has 2 aromatic carbocycles. The van der Waals surface area contributed by atoms with Crippen molar-refractivity contribution in [2.75, 3.05) is 12.3 Å². The van der Waals surface area contributed by atoms with E-state index in [-0.39, 0.29) is 17.7 Å². The summed E-state index contributed by atoms with van der Waals surface area (Å²) in [4.78, 5) is 26.1. The second-order valence-corrected chi connectivity index (χ2v) is 8.13. The molecule has 0 saturated heterocycles. The van der Waals surface area contributed by atoms with Crippen LogP contribution in [0.15, 0.2) is 59.5 Å². The van der Waals surface area contributed by atoms with Crippen LogP contribution in [0.1, 0.15) is 37.4 Å².